The number of hydrogen-bond acceptors (Lipinski definition) is 2. The number of fused-ring (bicyclic) bond motifs is 1. The van der Waals surface area contributed by atoms with Gasteiger partial charge in [-0.25, -0.2) is 0 Å². The third kappa shape index (κ3) is 3.39. The lowest BCUT2D eigenvalue weighted by Crippen LogP contribution is -2.37. The Labute approximate surface area is 127 Å². The van der Waals surface area contributed by atoms with E-state index in [4.69, 9.17) is 0 Å². The third-order valence-electron chi connectivity index (χ3n) is 4.96. The quantitative estimate of drug-likeness (QED) is 0.885. The Bertz CT molecular complexity index is 504. The molecule has 1 aliphatic heterocycles. The first kappa shape index (κ1) is 14.4. The summed E-state index contributed by atoms with van der Waals surface area (Å²) in [6.45, 7) is 3.25. The number of anilines is 1. The second-order valence-corrected chi connectivity index (χ2v) is 6.53. The summed E-state index contributed by atoms with van der Waals surface area (Å²) in [5, 5.41) is 6.56. The third-order valence-corrected chi connectivity index (χ3v) is 4.96. The molecule has 0 aromatic heterocycles. The van der Waals surface area contributed by atoms with Gasteiger partial charge in [0.1, 0.15) is 0 Å². The highest BCUT2D eigenvalue weighted by Gasteiger charge is 2.22. The van der Waals surface area contributed by atoms with E-state index in [2.05, 4.69) is 17.6 Å². The number of hydrogen-bond donors (Lipinski definition) is 2. The van der Waals surface area contributed by atoms with Crippen molar-refractivity contribution in [3.05, 3.63) is 29.3 Å². The van der Waals surface area contributed by atoms with Gasteiger partial charge >= 0.3 is 0 Å². The summed E-state index contributed by atoms with van der Waals surface area (Å²) in [6, 6.07) is 6.40. The second-order valence-electron chi connectivity index (χ2n) is 6.53. The Balaban J connectivity index is 1.55. The van der Waals surface area contributed by atoms with Crippen LogP contribution in [0.3, 0.4) is 0 Å². The summed E-state index contributed by atoms with van der Waals surface area (Å²) in [5.74, 6) is 0.984. The SMILES string of the molecule is CCCC1CCC(NC(=O)c2ccc3c(c2)CCN3)CC1. The van der Waals surface area contributed by atoms with Crippen molar-refractivity contribution in [1.82, 2.24) is 5.32 Å². The van der Waals surface area contributed by atoms with E-state index >= 15 is 0 Å². The highest BCUT2D eigenvalue weighted by molar-refractivity contribution is 5.95. The van der Waals surface area contributed by atoms with Crippen LogP contribution in [0.25, 0.3) is 0 Å². The van der Waals surface area contributed by atoms with Crippen molar-refractivity contribution in [2.75, 3.05) is 11.9 Å². The van der Waals surface area contributed by atoms with Gasteiger partial charge in [-0.1, -0.05) is 19.8 Å². The average molecular weight is 286 g/mol. The molecule has 1 fully saturated rings. The minimum Gasteiger partial charge on any atom is -0.384 e. The molecule has 1 aromatic rings. The Morgan fingerprint density at radius 3 is 2.86 bits per heavy atom. The normalized spacial score (nSPS) is 24.2. The molecule has 2 aliphatic rings. The van der Waals surface area contributed by atoms with Crippen LogP contribution >= 0.6 is 0 Å². The van der Waals surface area contributed by atoms with Crippen molar-refractivity contribution in [3.63, 3.8) is 0 Å². The van der Waals surface area contributed by atoms with Gasteiger partial charge in [0.15, 0.2) is 0 Å². The fraction of sp³-hybridized carbons (Fsp3) is 0.611. The van der Waals surface area contributed by atoms with Gasteiger partial charge in [0, 0.05) is 23.8 Å². The molecule has 0 radical (unpaired) electrons. The van der Waals surface area contributed by atoms with E-state index < -0.39 is 0 Å². The molecule has 1 saturated carbocycles. The van der Waals surface area contributed by atoms with Crippen LogP contribution in [0.15, 0.2) is 18.2 Å². The van der Waals surface area contributed by atoms with Gasteiger partial charge in [-0.2, -0.15) is 0 Å². The summed E-state index contributed by atoms with van der Waals surface area (Å²) < 4.78 is 0. The van der Waals surface area contributed by atoms with E-state index in [1.165, 1.54) is 36.9 Å². The van der Waals surface area contributed by atoms with Crippen molar-refractivity contribution < 1.29 is 4.79 Å². The molecular formula is C18H26N2O. The Hall–Kier alpha value is -1.51. The predicted octanol–water partition coefficient (Wildman–Crippen LogP) is 3.74. The average Bonchev–Trinajstić information content (AvgIpc) is 2.97. The topological polar surface area (TPSA) is 41.1 Å². The molecule has 21 heavy (non-hydrogen) atoms. The molecule has 0 saturated heterocycles. The second kappa shape index (κ2) is 6.50. The zero-order valence-electron chi connectivity index (χ0n) is 13.0. The summed E-state index contributed by atoms with van der Waals surface area (Å²) >= 11 is 0. The highest BCUT2D eigenvalue weighted by Crippen LogP contribution is 2.28. The lowest BCUT2D eigenvalue weighted by atomic mass is 9.83. The maximum absolute atomic E-state index is 12.4. The first-order valence-electron chi connectivity index (χ1n) is 8.44. The van der Waals surface area contributed by atoms with Crippen LogP contribution in [0.2, 0.25) is 0 Å². The van der Waals surface area contributed by atoms with E-state index in [9.17, 15) is 4.79 Å². The molecule has 2 N–H and O–H groups in total. The van der Waals surface area contributed by atoms with Gasteiger partial charge in [-0.3, -0.25) is 4.79 Å². The van der Waals surface area contributed by atoms with Crippen LogP contribution < -0.4 is 10.6 Å². The minimum atomic E-state index is 0.101. The van der Waals surface area contributed by atoms with Gasteiger partial charge in [0.2, 0.25) is 0 Å². The molecule has 0 atom stereocenters. The van der Waals surface area contributed by atoms with Crippen LogP contribution in [0.5, 0.6) is 0 Å². The molecule has 1 heterocycles. The fourth-order valence-electron chi connectivity index (χ4n) is 3.72. The lowest BCUT2D eigenvalue weighted by Gasteiger charge is -2.29. The Kier molecular flexibility index (Phi) is 4.47. The number of carbonyl (C=O) groups excluding carboxylic acids is 1. The van der Waals surface area contributed by atoms with Gasteiger partial charge in [0.05, 0.1) is 0 Å². The molecule has 114 valence electrons. The highest BCUT2D eigenvalue weighted by atomic mass is 16.1. The maximum atomic E-state index is 12.4. The Morgan fingerprint density at radius 1 is 1.29 bits per heavy atom. The maximum Gasteiger partial charge on any atom is 0.251 e. The van der Waals surface area contributed by atoms with Crippen LogP contribution in [0.4, 0.5) is 5.69 Å². The first-order valence-corrected chi connectivity index (χ1v) is 8.44. The molecule has 0 spiro atoms. The molecule has 1 amide bonds. The van der Waals surface area contributed by atoms with E-state index in [0.29, 0.717) is 6.04 Å². The molecule has 3 heteroatoms. The van der Waals surface area contributed by atoms with E-state index in [1.807, 2.05) is 18.2 Å². The number of nitrogens with one attached hydrogen (secondary N) is 2. The fourth-order valence-corrected chi connectivity index (χ4v) is 3.72. The minimum absolute atomic E-state index is 0.101. The number of rotatable bonds is 4. The van der Waals surface area contributed by atoms with Crippen LogP contribution in [0, 0.1) is 5.92 Å². The molecule has 3 rings (SSSR count). The van der Waals surface area contributed by atoms with Gasteiger partial charge in [-0.15, -0.1) is 0 Å². The van der Waals surface area contributed by atoms with Crippen molar-refractivity contribution >= 4 is 11.6 Å². The molecule has 3 nitrogen and oxygen atoms in total. The molecular weight excluding hydrogens is 260 g/mol. The number of amides is 1. The van der Waals surface area contributed by atoms with Crippen molar-refractivity contribution in [2.45, 2.75) is 57.9 Å². The zero-order chi connectivity index (χ0) is 14.7. The lowest BCUT2D eigenvalue weighted by molar-refractivity contribution is 0.0921. The van der Waals surface area contributed by atoms with Crippen molar-refractivity contribution in [1.29, 1.82) is 0 Å². The van der Waals surface area contributed by atoms with Crippen LogP contribution in [-0.4, -0.2) is 18.5 Å². The van der Waals surface area contributed by atoms with Gasteiger partial charge in [0.25, 0.3) is 5.91 Å². The standard InChI is InChI=1S/C18H26N2O/c1-2-3-13-4-7-16(8-5-13)20-18(21)15-6-9-17-14(12-15)10-11-19-17/h6,9,12-13,16,19H,2-5,7-8,10-11H2,1H3,(H,20,21). The summed E-state index contributed by atoms with van der Waals surface area (Å²) in [5.41, 5.74) is 3.27. The van der Waals surface area contributed by atoms with Crippen molar-refractivity contribution in [2.24, 2.45) is 5.92 Å². The van der Waals surface area contributed by atoms with Gasteiger partial charge < -0.3 is 10.6 Å². The molecule has 0 bridgehead atoms. The van der Waals surface area contributed by atoms with Crippen LogP contribution in [-0.2, 0) is 6.42 Å². The molecule has 1 aromatic carbocycles. The summed E-state index contributed by atoms with van der Waals surface area (Å²) in [4.78, 5) is 12.4. The van der Waals surface area contributed by atoms with Crippen molar-refractivity contribution in [3.8, 4) is 0 Å². The Morgan fingerprint density at radius 2 is 2.10 bits per heavy atom. The van der Waals surface area contributed by atoms with E-state index in [1.54, 1.807) is 0 Å². The largest absolute Gasteiger partial charge is 0.384 e. The first-order chi connectivity index (χ1) is 10.3. The molecule has 0 unspecified atom stereocenters. The van der Waals surface area contributed by atoms with E-state index in [0.717, 1.165) is 37.3 Å². The zero-order valence-corrected chi connectivity index (χ0v) is 13.0. The van der Waals surface area contributed by atoms with E-state index in [-0.39, 0.29) is 5.91 Å². The van der Waals surface area contributed by atoms with Crippen LogP contribution in [0.1, 0.15) is 61.4 Å². The predicted molar refractivity (Wildman–Crippen MR) is 86.8 cm³/mol. The monoisotopic (exact) mass is 286 g/mol. The smallest absolute Gasteiger partial charge is 0.251 e. The number of carbonyl (C=O) groups is 1. The number of benzene rings is 1. The summed E-state index contributed by atoms with van der Waals surface area (Å²) in [7, 11) is 0. The van der Waals surface area contributed by atoms with Gasteiger partial charge in [-0.05, 0) is 61.8 Å². The summed E-state index contributed by atoms with van der Waals surface area (Å²) in [6.07, 6.45) is 8.48. The molecule has 1 aliphatic carbocycles.